The second-order valence-corrected chi connectivity index (χ2v) is 9.55. The summed E-state index contributed by atoms with van der Waals surface area (Å²) in [4.78, 5) is 40.4. The quantitative estimate of drug-likeness (QED) is 0.734. The fraction of sp³-hybridized carbons (Fsp3) is 0.480. The van der Waals surface area contributed by atoms with Crippen LogP contribution in [0.15, 0.2) is 41.2 Å². The van der Waals surface area contributed by atoms with E-state index < -0.39 is 0 Å². The van der Waals surface area contributed by atoms with Crippen molar-refractivity contribution in [1.82, 2.24) is 9.47 Å². The number of aromatic nitrogens is 1. The summed E-state index contributed by atoms with van der Waals surface area (Å²) in [5.74, 6) is -0.180. The van der Waals surface area contributed by atoms with Crippen LogP contribution in [-0.4, -0.2) is 34.5 Å². The molecule has 1 aromatic carbocycles. The highest BCUT2D eigenvalue weighted by Crippen LogP contribution is 2.36. The van der Waals surface area contributed by atoms with Crippen molar-refractivity contribution in [3.63, 3.8) is 0 Å². The van der Waals surface area contributed by atoms with Gasteiger partial charge in [0.2, 0.25) is 5.91 Å². The van der Waals surface area contributed by atoms with Crippen LogP contribution >= 0.6 is 0 Å². The second kappa shape index (κ2) is 9.00. The van der Waals surface area contributed by atoms with Crippen LogP contribution in [-0.2, 0) is 11.3 Å². The highest BCUT2D eigenvalue weighted by molar-refractivity contribution is 5.92. The van der Waals surface area contributed by atoms with E-state index in [1.165, 1.54) is 30.7 Å². The number of nitrogens with one attached hydrogen (secondary N) is 2. The maximum absolute atomic E-state index is 13.2. The summed E-state index contributed by atoms with van der Waals surface area (Å²) >= 11 is 0. The monoisotopic (exact) mass is 452 g/mol. The van der Waals surface area contributed by atoms with Crippen LogP contribution in [0.1, 0.15) is 50.1 Å². The van der Waals surface area contributed by atoms with E-state index in [4.69, 9.17) is 0 Å². The summed E-state index contributed by atoms with van der Waals surface area (Å²) in [6, 6.07) is 9.11. The summed E-state index contributed by atoms with van der Waals surface area (Å²) in [6.45, 7) is 1.59. The molecule has 5 rings (SSSR count). The van der Waals surface area contributed by atoms with Crippen molar-refractivity contribution >= 4 is 23.3 Å². The fourth-order valence-corrected chi connectivity index (χ4v) is 5.54. The maximum atomic E-state index is 13.2. The van der Waals surface area contributed by atoms with Crippen LogP contribution in [0.2, 0.25) is 0 Å². The highest BCUT2D eigenvalue weighted by atomic mass is 19.1. The minimum absolute atomic E-state index is 0.00765. The zero-order valence-corrected chi connectivity index (χ0v) is 18.6. The molecule has 2 aliphatic heterocycles. The van der Waals surface area contributed by atoms with Crippen LogP contribution in [0, 0.1) is 17.7 Å². The van der Waals surface area contributed by atoms with E-state index in [9.17, 15) is 18.8 Å². The first kappa shape index (κ1) is 21.7. The molecule has 1 saturated carbocycles. The van der Waals surface area contributed by atoms with Gasteiger partial charge in [0.25, 0.3) is 5.56 Å². The van der Waals surface area contributed by atoms with Crippen LogP contribution < -0.4 is 16.2 Å². The summed E-state index contributed by atoms with van der Waals surface area (Å²) in [6.07, 6.45) is 6.00. The van der Waals surface area contributed by atoms with Gasteiger partial charge in [-0.3, -0.25) is 9.59 Å². The van der Waals surface area contributed by atoms with E-state index in [2.05, 4.69) is 10.6 Å². The van der Waals surface area contributed by atoms with E-state index in [1.54, 1.807) is 15.5 Å². The number of hydrogen-bond acceptors (Lipinski definition) is 3. The molecule has 0 spiro atoms. The number of anilines is 2. The molecule has 2 unspecified atom stereocenters. The first-order valence-corrected chi connectivity index (χ1v) is 11.8. The van der Waals surface area contributed by atoms with Gasteiger partial charge in [0, 0.05) is 42.9 Å². The van der Waals surface area contributed by atoms with E-state index in [0.29, 0.717) is 31.0 Å². The van der Waals surface area contributed by atoms with Crippen molar-refractivity contribution < 1.29 is 14.0 Å². The lowest BCUT2D eigenvalue weighted by atomic mass is 9.83. The van der Waals surface area contributed by atoms with Gasteiger partial charge in [-0.2, -0.15) is 0 Å². The molecule has 1 aromatic heterocycles. The lowest BCUT2D eigenvalue weighted by molar-refractivity contribution is -0.120. The van der Waals surface area contributed by atoms with E-state index in [1.807, 2.05) is 6.07 Å². The molecule has 2 atom stereocenters. The van der Waals surface area contributed by atoms with Crippen molar-refractivity contribution in [2.75, 3.05) is 23.7 Å². The van der Waals surface area contributed by atoms with E-state index >= 15 is 0 Å². The van der Waals surface area contributed by atoms with Gasteiger partial charge in [-0.25, -0.2) is 9.18 Å². The highest BCUT2D eigenvalue weighted by Gasteiger charge is 2.37. The molecular weight excluding hydrogens is 423 g/mol. The van der Waals surface area contributed by atoms with Gasteiger partial charge in [0.1, 0.15) is 11.5 Å². The largest absolute Gasteiger partial charge is 0.324 e. The number of amides is 3. The Labute approximate surface area is 192 Å². The number of benzene rings is 1. The number of likely N-dealkylation sites (tertiary alicyclic amines) is 1. The van der Waals surface area contributed by atoms with Crippen LogP contribution in [0.3, 0.4) is 0 Å². The minimum Gasteiger partial charge on any atom is -0.324 e. The Morgan fingerprint density at radius 3 is 2.42 bits per heavy atom. The van der Waals surface area contributed by atoms with Gasteiger partial charge in [0.15, 0.2) is 0 Å². The number of rotatable bonds is 3. The zero-order valence-electron chi connectivity index (χ0n) is 18.6. The number of carbonyl (C=O) groups excluding carboxylic acids is 2. The molecule has 0 radical (unpaired) electrons. The van der Waals surface area contributed by atoms with E-state index in [0.717, 1.165) is 37.8 Å². The van der Waals surface area contributed by atoms with Crippen molar-refractivity contribution in [3.05, 3.63) is 58.3 Å². The number of pyridine rings is 1. The van der Waals surface area contributed by atoms with Crippen molar-refractivity contribution in [2.45, 2.75) is 51.0 Å². The molecule has 3 amide bonds. The lowest BCUT2D eigenvalue weighted by Gasteiger charge is -2.42. The van der Waals surface area contributed by atoms with Crippen molar-refractivity contribution in [2.24, 2.45) is 11.8 Å². The zero-order chi connectivity index (χ0) is 22.9. The van der Waals surface area contributed by atoms with E-state index in [-0.39, 0.29) is 41.1 Å². The van der Waals surface area contributed by atoms with Crippen molar-refractivity contribution in [3.8, 4) is 0 Å². The standard InChI is InChI=1S/C25H29FN4O3/c26-19-6-8-20(9-7-19)27-25(33)29-13-16-12-18(15-29)22-11-10-21(24(32)30(22)14-16)28-23(31)17-4-2-1-3-5-17/h6-11,16-18H,1-5,12-15H2,(H,27,33)(H,28,31). The Morgan fingerprint density at radius 2 is 1.67 bits per heavy atom. The summed E-state index contributed by atoms with van der Waals surface area (Å²) < 4.78 is 14.9. The number of fused-ring (bicyclic) bond motifs is 4. The number of piperidine rings is 1. The summed E-state index contributed by atoms with van der Waals surface area (Å²) in [5, 5.41) is 5.71. The third-order valence-corrected chi connectivity index (χ3v) is 7.22. The Balaban J connectivity index is 1.29. The van der Waals surface area contributed by atoms with Crippen molar-refractivity contribution in [1.29, 1.82) is 0 Å². The molecule has 2 bridgehead atoms. The Kier molecular flexibility index (Phi) is 5.91. The average molecular weight is 453 g/mol. The van der Waals surface area contributed by atoms with Gasteiger partial charge in [-0.15, -0.1) is 0 Å². The number of urea groups is 1. The molecule has 33 heavy (non-hydrogen) atoms. The minimum atomic E-state index is -0.350. The lowest BCUT2D eigenvalue weighted by Crippen LogP contribution is -2.50. The van der Waals surface area contributed by atoms with Gasteiger partial charge in [-0.05, 0) is 61.6 Å². The molecule has 2 fully saturated rings. The molecule has 1 aliphatic carbocycles. The normalized spacial score (nSPS) is 22.4. The molecule has 174 valence electrons. The molecule has 2 N–H and O–H groups in total. The molecule has 2 aromatic rings. The SMILES string of the molecule is O=C(Nc1ccc2n(c1=O)CC1CC2CN(C(=O)Nc2ccc(F)cc2)C1)C1CCCCC1. The summed E-state index contributed by atoms with van der Waals surface area (Å²) in [5.41, 5.74) is 1.65. The average Bonchev–Trinajstić information content (AvgIpc) is 2.83. The molecule has 3 aliphatic rings. The van der Waals surface area contributed by atoms with Crippen LogP contribution in [0.25, 0.3) is 0 Å². The number of nitrogens with zero attached hydrogens (tertiary/aromatic N) is 2. The first-order chi connectivity index (χ1) is 16.0. The first-order valence-electron chi connectivity index (χ1n) is 11.8. The van der Waals surface area contributed by atoms with Crippen LogP contribution in [0.4, 0.5) is 20.6 Å². The molecule has 1 saturated heterocycles. The predicted octanol–water partition coefficient (Wildman–Crippen LogP) is 4.16. The number of halogens is 1. The molecular formula is C25H29FN4O3. The predicted molar refractivity (Wildman–Crippen MR) is 124 cm³/mol. The molecule has 7 nitrogen and oxygen atoms in total. The summed E-state index contributed by atoms with van der Waals surface area (Å²) in [7, 11) is 0. The second-order valence-electron chi connectivity index (χ2n) is 9.55. The third kappa shape index (κ3) is 4.51. The van der Waals surface area contributed by atoms with Gasteiger partial charge in [0.05, 0.1) is 0 Å². The topological polar surface area (TPSA) is 83.4 Å². The number of carbonyl (C=O) groups is 2. The third-order valence-electron chi connectivity index (χ3n) is 7.22. The Morgan fingerprint density at radius 1 is 0.909 bits per heavy atom. The molecule has 8 heteroatoms. The van der Waals surface area contributed by atoms with Gasteiger partial charge < -0.3 is 20.1 Å². The van der Waals surface area contributed by atoms with Gasteiger partial charge >= 0.3 is 6.03 Å². The fourth-order valence-electron chi connectivity index (χ4n) is 5.54. The van der Waals surface area contributed by atoms with Crippen LogP contribution in [0.5, 0.6) is 0 Å². The Hall–Kier alpha value is -3.16. The molecule has 3 heterocycles. The number of hydrogen-bond donors (Lipinski definition) is 2. The van der Waals surface area contributed by atoms with Gasteiger partial charge in [-0.1, -0.05) is 19.3 Å². The smallest absolute Gasteiger partial charge is 0.321 e. The maximum Gasteiger partial charge on any atom is 0.321 e. The Bertz CT molecular complexity index is 1110.